The van der Waals surface area contributed by atoms with Crippen LogP contribution >= 0.6 is 0 Å². The molecule has 5 nitrogen and oxygen atoms in total. The molecule has 2 aromatic rings. The van der Waals surface area contributed by atoms with Crippen molar-refractivity contribution in [2.24, 2.45) is 0 Å². The molecule has 0 radical (unpaired) electrons. The van der Waals surface area contributed by atoms with Gasteiger partial charge in [-0.15, -0.1) is 0 Å². The predicted molar refractivity (Wildman–Crippen MR) is 102 cm³/mol. The van der Waals surface area contributed by atoms with E-state index < -0.39 is 12.7 Å². The Morgan fingerprint density at radius 2 is 1.93 bits per heavy atom. The van der Waals surface area contributed by atoms with Crippen molar-refractivity contribution in [1.29, 1.82) is 5.26 Å². The fourth-order valence-electron chi connectivity index (χ4n) is 3.84. The summed E-state index contributed by atoms with van der Waals surface area (Å²) in [6.07, 6.45) is 1.70. The minimum atomic E-state index is -0.623. The number of nitrogens with zero attached hydrogens (tertiary/aromatic N) is 2. The summed E-state index contributed by atoms with van der Waals surface area (Å²) in [6.45, 7) is -0.623. The lowest BCUT2D eigenvalue weighted by atomic mass is 9.84. The molecule has 2 aliphatic rings. The molecule has 0 fully saturated rings. The first-order valence-electron chi connectivity index (χ1n) is 9.14. The van der Waals surface area contributed by atoms with Crippen molar-refractivity contribution in [1.82, 2.24) is 5.32 Å². The van der Waals surface area contributed by atoms with Crippen molar-refractivity contribution in [3.63, 3.8) is 0 Å². The highest BCUT2D eigenvalue weighted by molar-refractivity contribution is 6.06. The third-order valence-corrected chi connectivity index (χ3v) is 5.15. The first-order valence-corrected chi connectivity index (χ1v) is 9.14. The Labute approximate surface area is 162 Å². The zero-order valence-corrected chi connectivity index (χ0v) is 15.1. The van der Waals surface area contributed by atoms with Crippen LogP contribution in [0, 0.1) is 11.3 Å². The first-order chi connectivity index (χ1) is 13.6. The van der Waals surface area contributed by atoms with Gasteiger partial charge in [-0.2, -0.15) is 5.26 Å². The Morgan fingerprint density at radius 1 is 1.14 bits per heavy atom. The Kier molecular flexibility index (Phi) is 4.66. The summed E-state index contributed by atoms with van der Waals surface area (Å²) < 4.78 is 13.1. The summed E-state index contributed by atoms with van der Waals surface area (Å²) in [4.78, 5) is 27.3. The van der Waals surface area contributed by atoms with Gasteiger partial charge < -0.3 is 5.32 Å². The van der Waals surface area contributed by atoms with Gasteiger partial charge in [-0.25, -0.2) is 9.18 Å². The molecule has 1 atom stereocenters. The van der Waals surface area contributed by atoms with Crippen LogP contribution in [-0.4, -0.2) is 11.8 Å². The van der Waals surface area contributed by atoms with E-state index in [0.717, 1.165) is 5.56 Å². The Hall–Kier alpha value is -3.46. The van der Waals surface area contributed by atoms with Crippen LogP contribution in [0.25, 0.3) is 0 Å². The number of hydrogen-bond donors (Lipinski definition) is 1. The van der Waals surface area contributed by atoms with E-state index in [0.29, 0.717) is 47.3 Å². The quantitative estimate of drug-likeness (QED) is 0.869. The van der Waals surface area contributed by atoms with Gasteiger partial charge >= 0.3 is 6.03 Å². The lowest BCUT2D eigenvalue weighted by molar-refractivity contribution is -0.116. The average Bonchev–Trinajstić information content (AvgIpc) is 2.73. The molecule has 0 unspecified atom stereocenters. The third-order valence-electron chi connectivity index (χ3n) is 5.15. The standard InChI is InChI=1S/C22H18FN3O2/c23-12-15-3-1-4-17(11-15)26-18-5-2-6-19(27)20(18)21(25-22(26)28)16-9-7-14(13-24)8-10-16/h1,3-4,7-11,21H,2,5-6,12H2,(H,25,28)/t21-/m0/s1. The number of benzene rings is 2. The van der Waals surface area contributed by atoms with E-state index in [-0.39, 0.29) is 11.8 Å². The maximum Gasteiger partial charge on any atom is 0.327 e. The normalized spacial score (nSPS) is 19.1. The van der Waals surface area contributed by atoms with E-state index in [1.54, 1.807) is 48.5 Å². The molecule has 2 aromatic carbocycles. The molecule has 0 spiro atoms. The van der Waals surface area contributed by atoms with Gasteiger partial charge in [0.15, 0.2) is 5.78 Å². The van der Waals surface area contributed by atoms with Gasteiger partial charge in [-0.3, -0.25) is 9.69 Å². The van der Waals surface area contributed by atoms with Crippen LogP contribution in [0.3, 0.4) is 0 Å². The minimum Gasteiger partial charge on any atom is -0.326 e. The van der Waals surface area contributed by atoms with Gasteiger partial charge in [0.1, 0.15) is 6.67 Å². The maximum absolute atomic E-state index is 13.1. The topological polar surface area (TPSA) is 73.2 Å². The van der Waals surface area contributed by atoms with Crippen LogP contribution in [-0.2, 0) is 11.5 Å². The summed E-state index contributed by atoms with van der Waals surface area (Å²) in [5, 5.41) is 11.9. The zero-order chi connectivity index (χ0) is 19.7. The maximum atomic E-state index is 13.1. The van der Waals surface area contributed by atoms with Gasteiger partial charge in [0, 0.05) is 17.7 Å². The van der Waals surface area contributed by atoms with Crippen molar-refractivity contribution in [3.05, 3.63) is 76.5 Å². The smallest absolute Gasteiger partial charge is 0.326 e. The van der Waals surface area contributed by atoms with E-state index in [1.807, 2.05) is 0 Å². The molecule has 2 amide bonds. The van der Waals surface area contributed by atoms with Crippen LogP contribution in [0.5, 0.6) is 0 Å². The van der Waals surface area contributed by atoms with Crippen molar-refractivity contribution in [3.8, 4) is 6.07 Å². The van der Waals surface area contributed by atoms with Crippen molar-refractivity contribution < 1.29 is 14.0 Å². The van der Waals surface area contributed by atoms with Crippen LogP contribution in [0.1, 0.15) is 42.0 Å². The summed E-state index contributed by atoms with van der Waals surface area (Å²) in [6, 6.07) is 14.8. The number of alkyl halides is 1. The Morgan fingerprint density at radius 3 is 2.64 bits per heavy atom. The SMILES string of the molecule is N#Cc1ccc([C@@H]2NC(=O)N(c3cccc(CF)c3)C3=C2C(=O)CCC3)cc1. The van der Waals surface area contributed by atoms with Crippen LogP contribution in [0.4, 0.5) is 14.9 Å². The van der Waals surface area contributed by atoms with Crippen LogP contribution in [0.15, 0.2) is 59.8 Å². The molecule has 1 N–H and O–H groups in total. The molecule has 4 rings (SSSR count). The molecule has 0 aromatic heterocycles. The predicted octanol–water partition coefficient (Wildman–Crippen LogP) is 4.31. The second kappa shape index (κ2) is 7.28. The van der Waals surface area contributed by atoms with Crippen molar-refractivity contribution in [2.75, 3.05) is 4.90 Å². The molecular formula is C22H18FN3O2. The van der Waals surface area contributed by atoms with E-state index in [4.69, 9.17) is 5.26 Å². The number of nitriles is 1. The van der Waals surface area contributed by atoms with Gasteiger partial charge in [-0.05, 0) is 48.2 Å². The monoisotopic (exact) mass is 375 g/mol. The zero-order valence-electron chi connectivity index (χ0n) is 15.1. The number of amides is 2. The second-order valence-electron chi connectivity index (χ2n) is 6.89. The molecule has 1 aliphatic carbocycles. The van der Waals surface area contributed by atoms with Gasteiger partial charge in [0.25, 0.3) is 0 Å². The highest BCUT2D eigenvalue weighted by Gasteiger charge is 2.39. The number of ketones is 1. The van der Waals surface area contributed by atoms with E-state index in [1.165, 1.54) is 4.90 Å². The summed E-state index contributed by atoms with van der Waals surface area (Å²) in [7, 11) is 0. The second-order valence-corrected chi connectivity index (χ2v) is 6.89. The highest BCUT2D eigenvalue weighted by Crippen LogP contribution is 2.39. The summed E-state index contributed by atoms with van der Waals surface area (Å²) in [5.41, 5.74) is 3.54. The fourth-order valence-corrected chi connectivity index (χ4v) is 3.84. The minimum absolute atomic E-state index is 0.00209. The lowest BCUT2D eigenvalue weighted by Crippen LogP contribution is -2.49. The number of nitrogens with one attached hydrogen (secondary N) is 1. The number of allylic oxidation sites excluding steroid dienone is 1. The number of hydrogen-bond acceptors (Lipinski definition) is 3. The third kappa shape index (κ3) is 3.05. The van der Waals surface area contributed by atoms with E-state index >= 15 is 0 Å². The Balaban J connectivity index is 1.83. The number of carbonyl (C=O) groups excluding carboxylic acids is 2. The van der Waals surface area contributed by atoms with Crippen LogP contribution < -0.4 is 10.2 Å². The molecule has 0 bridgehead atoms. The number of Topliss-reactive ketones (excluding diaryl/α,β-unsaturated/α-hetero) is 1. The molecule has 6 heteroatoms. The largest absolute Gasteiger partial charge is 0.327 e. The number of rotatable bonds is 3. The Bertz CT molecular complexity index is 1020. The average molecular weight is 375 g/mol. The van der Waals surface area contributed by atoms with E-state index in [9.17, 15) is 14.0 Å². The molecule has 0 saturated carbocycles. The summed E-state index contributed by atoms with van der Waals surface area (Å²) >= 11 is 0. The molecule has 1 heterocycles. The highest BCUT2D eigenvalue weighted by atomic mass is 19.1. The lowest BCUT2D eigenvalue weighted by Gasteiger charge is -2.39. The van der Waals surface area contributed by atoms with Gasteiger partial charge in [-0.1, -0.05) is 24.3 Å². The van der Waals surface area contributed by atoms with E-state index in [2.05, 4.69) is 11.4 Å². The number of anilines is 1. The van der Waals surface area contributed by atoms with Crippen LogP contribution in [0.2, 0.25) is 0 Å². The number of halogens is 1. The fraction of sp³-hybridized carbons (Fsp3) is 0.227. The molecular weight excluding hydrogens is 357 g/mol. The molecule has 28 heavy (non-hydrogen) atoms. The summed E-state index contributed by atoms with van der Waals surface area (Å²) in [5.74, 6) is 0.00209. The van der Waals surface area contributed by atoms with Crippen molar-refractivity contribution >= 4 is 17.5 Å². The first kappa shape index (κ1) is 17.9. The molecule has 0 saturated heterocycles. The van der Waals surface area contributed by atoms with Gasteiger partial charge in [0.05, 0.1) is 23.4 Å². The number of urea groups is 1. The van der Waals surface area contributed by atoms with Gasteiger partial charge in [0.2, 0.25) is 0 Å². The molecule has 1 aliphatic heterocycles. The number of carbonyl (C=O) groups is 2. The molecule has 140 valence electrons. The van der Waals surface area contributed by atoms with Crippen molar-refractivity contribution in [2.45, 2.75) is 32.0 Å².